The largest absolute Gasteiger partial charge is 0.383 e. The minimum Gasteiger partial charge on any atom is -0.383 e. The average Bonchev–Trinajstić information content (AvgIpc) is 3.11. The minimum atomic E-state index is -0.359. The van der Waals surface area contributed by atoms with E-state index >= 15 is 0 Å². The molecule has 0 radical (unpaired) electrons. The molecule has 1 aliphatic carbocycles. The first kappa shape index (κ1) is 13.5. The molecule has 0 bridgehead atoms. The molecule has 0 aromatic rings. The Morgan fingerprint density at radius 1 is 1.56 bits per heavy atom. The van der Waals surface area contributed by atoms with E-state index in [4.69, 9.17) is 10.5 Å². The van der Waals surface area contributed by atoms with Gasteiger partial charge < -0.3 is 15.4 Å². The lowest BCUT2D eigenvalue weighted by Crippen LogP contribution is -2.49. The molecule has 0 spiro atoms. The number of rotatable bonds is 7. The Morgan fingerprint density at radius 3 is 2.62 bits per heavy atom. The number of nitrogens with two attached hydrogens (primary N) is 1. The highest BCUT2D eigenvalue weighted by Gasteiger charge is 2.35. The number of ether oxygens (including phenoxy) is 1. The Morgan fingerprint density at radius 2 is 2.19 bits per heavy atom. The normalized spacial score (nSPS) is 19.2. The van der Waals surface area contributed by atoms with E-state index in [1.807, 2.05) is 11.8 Å². The highest BCUT2D eigenvalue weighted by Crippen LogP contribution is 2.27. The first-order valence-corrected chi connectivity index (χ1v) is 6.16. The zero-order chi connectivity index (χ0) is 12.1. The van der Waals surface area contributed by atoms with E-state index in [-0.39, 0.29) is 17.9 Å². The van der Waals surface area contributed by atoms with Gasteiger partial charge in [0.05, 0.1) is 12.6 Å². The van der Waals surface area contributed by atoms with Gasteiger partial charge in [-0.25, -0.2) is 0 Å². The Balaban J connectivity index is 2.52. The predicted molar refractivity (Wildman–Crippen MR) is 64.0 cm³/mol. The molecular weight excluding hydrogens is 204 g/mol. The Labute approximate surface area is 98.1 Å². The molecule has 1 fully saturated rings. The van der Waals surface area contributed by atoms with Crippen LogP contribution >= 0.6 is 0 Å². The van der Waals surface area contributed by atoms with Gasteiger partial charge in [-0.3, -0.25) is 4.79 Å². The van der Waals surface area contributed by atoms with E-state index in [0.29, 0.717) is 19.2 Å². The number of carbonyl (C=O) groups is 1. The van der Waals surface area contributed by atoms with Crippen molar-refractivity contribution in [2.75, 3.05) is 20.3 Å². The van der Waals surface area contributed by atoms with Crippen LogP contribution in [-0.2, 0) is 9.53 Å². The molecule has 1 aliphatic rings. The molecule has 0 aromatic carbocycles. The van der Waals surface area contributed by atoms with Crippen molar-refractivity contribution in [1.82, 2.24) is 4.90 Å². The zero-order valence-electron chi connectivity index (χ0n) is 10.6. The van der Waals surface area contributed by atoms with Crippen LogP contribution in [0.5, 0.6) is 0 Å². The first-order valence-electron chi connectivity index (χ1n) is 6.16. The fourth-order valence-electron chi connectivity index (χ4n) is 1.74. The summed E-state index contributed by atoms with van der Waals surface area (Å²) in [6.07, 6.45) is 3.17. The van der Waals surface area contributed by atoms with Gasteiger partial charge in [-0.1, -0.05) is 20.3 Å². The van der Waals surface area contributed by atoms with Crippen molar-refractivity contribution in [3.63, 3.8) is 0 Å². The molecule has 2 N–H and O–H groups in total. The van der Waals surface area contributed by atoms with Crippen molar-refractivity contribution in [2.45, 2.75) is 45.2 Å². The lowest BCUT2D eigenvalue weighted by Gasteiger charge is -2.27. The summed E-state index contributed by atoms with van der Waals surface area (Å²) in [6, 6.07) is 0.0558. The van der Waals surface area contributed by atoms with E-state index in [1.54, 1.807) is 7.11 Å². The molecule has 0 saturated heterocycles. The summed E-state index contributed by atoms with van der Waals surface area (Å²) in [5.41, 5.74) is 5.98. The standard InChI is InChI=1S/C12H24N2O2/c1-4-9(2)11(13)12(15)14(7-8-16-3)10-5-6-10/h9-11H,4-8,13H2,1-3H3/t9-,11-/m0/s1. The number of carbonyl (C=O) groups excluding carboxylic acids is 1. The third-order valence-corrected chi connectivity index (χ3v) is 3.35. The second kappa shape index (κ2) is 6.21. The van der Waals surface area contributed by atoms with Gasteiger partial charge in [0.15, 0.2) is 0 Å². The fourth-order valence-corrected chi connectivity index (χ4v) is 1.74. The summed E-state index contributed by atoms with van der Waals surface area (Å²) in [4.78, 5) is 14.1. The highest BCUT2D eigenvalue weighted by atomic mass is 16.5. The maximum atomic E-state index is 12.2. The summed E-state index contributed by atoms with van der Waals surface area (Å²) in [5.74, 6) is 0.338. The van der Waals surface area contributed by atoms with Gasteiger partial charge in [0, 0.05) is 19.7 Å². The molecular formula is C12H24N2O2. The van der Waals surface area contributed by atoms with Crippen LogP contribution in [0.3, 0.4) is 0 Å². The fraction of sp³-hybridized carbons (Fsp3) is 0.917. The minimum absolute atomic E-state index is 0.0916. The van der Waals surface area contributed by atoms with Crippen LogP contribution in [0.4, 0.5) is 0 Å². The van der Waals surface area contributed by atoms with Crippen molar-refractivity contribution in [1.29, 1.82) is 0 Å². The van der Waals surface area contributed by atoms with E-state index in [2.05, 4.69) is 6.92 Å². The molecule has 1 saturated carbocycles. The molecule has 0 aromatic heterocycles. The summed E-state index contributed by atoms with van der Waals surface area (Å²) >= 11 is 0. The van der Waals surface area contributed by atoms with Gasteiger partial charge in [-0.2, -0.15) is 0 Å². The monoisotopic (exact) mass is 228 g/mol. The topological polar surface area (TPSA) is 55.6 Å². The Hall–Kier alpha value is -0.610. The van der Waals surface area contributed by atoms with Crippen molar-refractivity contribution in [2.24, 2.45) is 11.7 Å². The third kappa shape index (κ3) is 3.46. The average molecular weight is 228 g/mol. The molecule has 4 nitrogen and oxygen atoms in total. The van der Waals surface area contributed by atoms with Crippen molar-refractivity contribution in [3.05, 3.63) is 0 Å². The summed E-state index contributed by atoms with van der Waals surface area (Å²) in [7, 11) is 1.66. The first-order chi connectivity index (χ1) is 7.61. The van der Waals surface area contributed by atoms with Gasteiger partial charge in [0.1, 0.15) is 0 Å². The van der Waals surface area contributed by atoms with Gasteiger partial charge in [0.2, 0.25) is 5.91 Å². The molecule has 4 heteroatoms. The van der Waals surface area contributed by atoms with E-state index in [1.165, 1.54) is 0 Å². The maximum absolute atomic E-state index is 12.2. The van der Waals surface area contributed by atoms with Crippen LogP contribution in [0.2, 0.25) is 0 Å². The molecule has 0 aliphatic heterocycles. The zero-order valence-corrected chi connectivity index (χ0v) is 10.6. The number of hydrogen-bond acceptors (Lipinski definition) is 3. The molecule has 0 heterocycles. The van der Waals surface area contributed by atoms with Gasteiger partial charge in [-0.05, 0) is 18.8 Å². The number of hydrogen-bond donors (Lipinski definition) is 1. The molecule has 2 atom stereocenters. The van der Waals surface area contributed by atoms with E-state index < -0.39 is 0 Å². The van der Waals surface area contributed by atoms with Crippen LogP contribution in [-0.4, -0.2) is 43.2 Å². The van der Waals surface area contributed by atoms with Crippen LogP contribution in [0.1, 0.15) is 33.1 Å². The molecule has 16 heavy (non-hydrogen) atoms. The quantitative estimate of drug-likeness (QED) is 0.707. The molecule has 1 rings (SSSR count). The van der Waals surface area contributed by atoms with Gasteiger partial charge in [0.25, 0.3) is 0 Å². The Kier molecular flexibility index (Phi) is 5.22. The number of nitrogens with zero attached hydrogens (tertiary/aromatic N) is 1. The summed E-state index contributed by atoms with van der Waals surface area (Å²) < 4.78 is 5.03. The van der Waals surface area contributed by atoms with Crippen LogP contribution in [0.15, 0.2) is 0 Å². The SMILES string of the molecule is CC[C@H](C)[C@H](N)C(=O)N(CCOC)C1CC1. The summed E-state index contributed by atoms with van der Waals surface area (Å²) in [5, 5.41) is 0. The number of amides is 1. The molecule has 0 unspecified atom stereocenters. The lowest BCUT2D eigenvalue weighted by molar-refractivity contribution is -0.135. The highest BCUT2D eigenvalue weighted by molar-refractivity contribution is 5.82. The second-order valence-corrected chi connectivity index (χ2v) is 4.67. The Bertz CT molecular complexity index is 229. The van der Waals surface area contributed by atoms with Crippen molar-refractivity contribution < 1.29 is 9.53 Å². The van der Waals surface area contributed by atoms with Crippen molar-refractivity contribution >= 4 is 5.91 Å². The van der Waals surface area contributed by atoms with Gasteiger partial charge >= 0.3 is 0 Å². The van der Waals surface area contributed by atoms with Gasteiger partial charge in [-0.15, -0.1) is 0 Å². The van der Waals surface area contributed by atoms with Crippen molar-refractivity contribution in [3.8, 4) is 0 Å². The van der Waals surface area contributed by atoms with Crippen LogP contribution < -0.4 is 5.73 Å². The molecule has 1 amide bonds. The smallest absolute Gasteiger partial charge is 0.240 e. The summed E-state index contributed by atoms with van der Waals surface area (Å²) in [6.45, 7) is 5.36. The maximum Gasteiger partial charge on any atom is 0.240 e. The second-order valence-electron chi connectivity index (χ2n) is 4.67. The van der Waals surface area contributed by atoms with E-state index in [0.717, 1.165) is 19.3 Å². The van der Waals surface area contributed by atoms with E-state index in [9.17, 15) is 4.79 Å². The van der Waals surface area contributed by atoms with Crippen LogP contribution in [0, 0.1) is 5.92 Å². The predicted octanol–water partition coefficient (Wildman–Crippen LogP) is 0.997. The third-order valence-electron chi connectivity index (χ3n) is 3.35. The number of methoxy groups -OCH3 is 1. The lowest BCUT2D eigenvalue weighted by atomic mass is 9.99. The molecule has 94 valence electrons. The van der Waals surface area contributed by atoms with Crippen LogP contribution in [0.25, 0.3) is 0 Å².